The van der Waals surface area contributed by atoms with Crippen LogP contribution in [0.1, 0.15) is 18.1 Å². The number of guanidine groups is 1. The van der Waals surface area contributed by atoms with Crippen LogP contribution in [0.25, 0.3) is 0 Å². The van der Waals surface area contributed by atoms with Crippen LogP contribution in [0.2, 0.25) is 0 Å². The molecule has 1 heterocycles. The van der Waals surface area contributed by atoms with Crippen molar-refractivity contribution >= 4 is 11.8 Å². The number of ether oxygens (including phenoxy) is 1. The predicted molar refractivity (Wildman–Crippen MR) is 85.5 cm³/mol. The highest BCUT2D eigenvalue weighted by atomic mass is 16.5. The lowest BCUT2D eigenvalue weighted by Gasteiger charge is -2.09. The van der Waals surface area contributed by atoms with Crippen LogP contribution in [0.15, 0.2) is 47.6 Å². The highest BCUT2D eigenvalue weighted by molar-refractivity contribution is 5.91. The highest BCUT2D eigenvalue weighted by Gasteiger charge is 2.02. The standard InChI is InChI=1S/C16H20N4O/c1-3-21-14-7-5-4-6-13(14)11-19-16(17)20-15-9-8-12(2)10-18-15/h4-10H,3,11H2,1-2H3,(H3,17,18,19,20). The van der Waals surface area contributed by atoms with Gasteiger partial charge < -0.3 is 15.8 Å². The van der Waals surface area contributed by atoms with Crippen LogP contribution in [-0.4, -0.2) is 17.6 Å². The second-order valence-electron chi connectivity index (χ2n) is 4.59. The molecule has 0 bridgehead atoms. The molecular formula is C16H20N4O. The molecule has 3 N–H and O–H groups in total. The number of anilines is 1. The molecule has 0 unspecified atom stereocenters. The average Bonchev–Trinajstić information content (AvgIpc) is 2.49. The highest BCUT2D eigenvalue weighted by Crippen LogP contribution is 2.18. The van der Waals surface area contributed by atoms with Crippen molar-refractivity contribution in [2.75, 3.05) is 11.9 Å². The second kappa shape index (κ2) is 7.28. The van der Waals surface area contributed by atoms with Gasteiger partial charge in [-0.3, -0.25) is 0 Å². The molecule has 0 radical (unpaired) electrons. The number of rotatable bonds is 5. The SMILES string of the molecule is CCOc1ccccc1CN=C(N)Nc1ccc(C)cn1. The first-order chi connectivity index (χ1) is 10.2. The van der Waals surface area contributed by atoms with Crippen molar-refractivity contribution in [2.24, 2.45) is 10.7 Å². The quantitative estimate of drug-likeness (QED) is 0.654. The van der Waals surface area contributed by atoms with E-state index in [1.54, 1.807) is 6.20 Å². The van der Waals surface area contributed by atoms with Crippen LogP contribution in [0.3, 0.4) is 0 Å². The van der Waals surface area contributed by atoms with Gasteiger partial charge in [0.25, 0.3) is 0 Å². The Bertz CT molecular complexity index is 608. The Morgan fingerprint density at radius 2 is 2.10 bits per heavy atom. The summed E-state index contributed by atoms with van der Waals surface area (Å²) in [6, 6.07) is 11.6. The molecule has 1 aromatic heterocycles. The summed E-state index contributed by atoms with van der Waals surface area (Å²) in [6.45, 7) is 5.03. The summed E-state index contributed by atoms with van der Waals surface area (Å²) in [7, 11) is 0. The molecular weight excluding hydrogens is 264 g/mol. The number of nitrogens with one attached hydrogen (secondary N) is 1. The molecule has 0 atom stereocenters. The fourth-order valence-electron chi connectivity index (χ4n) is 1.81. The van der Waals surface area contributed by atoms with Gasteiger partial charge in [0.05, 0.1) is 13.2 Å². The molecule has 0 spiro atoms. The maximum atomic E-state index is 5.87. The van der Waals surface area contributed by atoms with Crippen molar-refractivity contribution in [3.05, 3.63) is 53.7 Å². The zero-order valence-corrected chi connectivity index (χ0v) is 12.3. The lowest BCUT2D eigenvalue weighted by Crippen LogP contribution is -2.23. The molecule has 0 saturated carbocycles. The van der Waals surface area contributed by atoms with Crippen LogP contribution in [0.4, 0.5) is 5.82 Å². The first-order valence-corrected chi connectivity index (χ1v) is 6.89. The number of hydrogen-bond donors (Lipinski definition) is 2. The number of hydrogen-bond acceptors (Lipinski definition) is 3. The van der Waals surface area contributed by atoms with E-state index in [0.717, 1.165) is 16.9 Å². The fraction of sp³-hybridized carbons (Fsp3) is 0.250. The fourth-order valence-corrected chi connectivity index (χ4v) is 1.81. The minimum absolute atomic E-state index is 0.331. The van der Waals surface area contributed by atoms with Crippen molar-refractivity contribution < 1.29 is 4.74 Å². The Labute approximate surface area is 124 Å². The van der Waals surface area contributed by atoms with Crippen molar-refractivity contribution in [3.8, 4) is 5.75 Å². The molecule has 0 amide bonds. The van der Waals surface area contributed by atoms with E-state index in [1.807, 2.05) is 50.2 Å². The monoisotopic (exact) mass is 284 g/mol. The van der Waals surface area contributed by atoms with E-state index in [2.05, 4.69) is 15.3 Å². The number of nitrogens with two attached hydrogens (primary N) is 1. The second-order valence-corrected chi connectivity index (χ2v) is 4.59. The molecule has 0 saturated heterocycles. The first kappa shape index (κ1) is 14.8. The lowest BCUT2D eigenvalue weighted by molar-refractivity contribution is 0.336. The van der Waals surface area contributed by atoms with Gasteiger partial charge in [0.2, 0.25) is 0 Å². The van der Waals surface area contributed by atoms with E-state index in [9.17, 15) is 0 Å². The Morgan fingerprint density at radius 1 is 1.29 bits per heavy atom. The van der Waals surface area contributed by atoms with Gasteiger partial charge in [-0.25, -0.2) is 9.98 Å². The van der Waals surface area contributed by atoms with Crippen LogP contribution < -0.4 is 15.8 Å². The van der Waals surface area contributed by atoms with Gasteiger partial charge in [-0.15, -0.1) is 0 Å². The van der Waals surface area contributed by atoms with Gasteiger partial charge >= 0.3 is 0 Å². The molecule has 110 valence electrons. The molecule has 1 aromatic carbocycles. The minimum Gasteiger partial charge on any atom is -0.494 e. The van der Waals surface area contributed by atoms with Gasteiger partial charge in [-0.05, 0) is 31.5 Å². The topological polar surface area (TPSA) is 72.5 Å². The van der Waals surface area contributed by atoms with Crippen molar-refractivity contribution in [1.82, 2.24) is 4.98 Å². The largest absolute Gasteiger partial charge is 0.494 e. The molecule has 0 aliphatic heterocycles. The summed E-state index contributed by atoms with van der Waals surface area (Å²) in [5.41, 5.74) is 7.97. The molecule has 2 rings (SSSR count). The van der Waals surface area contributed by atoms with E-state index in [1.165, 1.54) is 0 Å². The van der Waals surface area contributed by atoms with E-state index in [4.69, 9.17) is 10.5 Å². The van der Waals surface area contributed by atoms with Crippen molar-refractivity contribution in [2.45, 2.75) is 20.4 Å². The summed E-state index contributed by atoms with van der Waals surface area (Å²) >= 11 is 0. The third-order valence-corrected chi connectivity index (χ3v) is 2.86. The third-order valence-electron chi connectivity index (χ3n) is 2.86. The van der Waals surface area contributed by atoms with Gasteiger partial charge in [0, 0.05) is 11.8 Å². The Balaban J connectivity index is 2.01. The van der Waals surface area contributed by atoms with E-state index in [-0.39, 0.29) is 0 Å². The molecule has 5 heteroatoms. The lowest BCUT2D eigenvalue weighted by atomic mass is 10.2. The maximum Gasteiger partial charge on any atom is 0.194 e. The summed E-state index contributed by atoms with van der Waals surface area (Å²) in [5.74, 6) is 1.85. The van der Waals surface area contributed by atoms with Crippen LogP contribution in [0.5, 0.6) is 5.75 Å². The molecule has 2 aromatic rings. The summed E-state index contributed by atoms with van der Waals surface area (Å²) < 4.78 is 5.56. The Hall–Kier alpha value is -2.56. The number of para-hydroxylation sites is 1. The number of aryl methyl sites for hydroxylation is 1. The van der Waals surface area contributed by atoms with Crippen molar-refractivity contribution in [1.29, 1.82) is 0 Å². The molecule has 21 heavy (non-hydrogen) atoms. The predicted octanol–water partition coefficient (Wildman–Crippen LogP) is 2.72. The normalized spacial score (nSPS) is 11.2. The number of nitrogens with zero attached hydrogens (tertiary/aromatic N) is 2. The number of aromatic nitrogens is 1. The minimum atomic E-state index is 0.331. The van der Waals surface area contributed by atoms with Gasteiger partial charge in [0.15, 0.2) is 5.96 Å². The smallest absolute Gasteiger partial charge is 0.194 e. The Morgan fingerprint density at radius 3 is 2.81 bits per heavy atom. The summed E-state index contributed by atoms with van der Waals surface area (Å²) in [5, 5.41) is 2.97. The number of benzene rings is 1. The van der Waals surface area contributed by atoms with E-state index < -0.39 is 0 Å². The van der Waals surface area contributed by atoms with Gasteiger partial charge in [0.1, 0.15) is 11.6 Å². The zero-order chi connectivity index (χ0) is 15.1. The number of aliphatic imine (C=N–C) groups is 1. The third kappa shape index (κ3) is 4.49. The summed E-state index contributed by atoms with van der Waals surface area (Å²) in [6.07, 6.45) is 1.78. The first-order valence-electron chi connectivity index (χ1n) is 6.89. The van der Waals surface area contributed by atoms with Crippen LogP contribution in [-0.2, 0) is 6.54 Å². The summed E-state index contributed by atoms with van der Waals surface area (Å²) in [4.78, 5) is 8.54. The maximum absolute atomic E-state index is 5.87. The number of pyridine rings is 1. The van der Waals surface area contributed by atoms with E-state index in [0.29, 0.717) is 24.9 Å². The molecule has 0 fully saturated rings. The molecule has 0 aliphatic carbocycles. The molecule has 5 nitrogen and oxygen atoms in total. The van der Waals surface area contributed by atoms with Gasteiger partial charge in [-0.1, -0.05) is 24.3 Å². The van der Waals surface area contributed by atoms with Crippen LogP contribution >= 0.6 is 0 Å². The average molecular weight is 284 g/mol. The van der Waals surface area contributed by atoms with Crippen LogP contribution in [0, 0.1) is 6.92 Å². The van der Waals surface area contributed by atoms with E-state index >= 15 is 0 Å². The Kier molecular flexibility index (Phi) is 5.15. The van der Waals surface area contributed by atoms with Crippen molar-refractivity contribution in [3.63, 3.8) is 0 Å². The zero-order valence-electron chi connectivity index (χ0n) is 12.3. The molecule has 0 aliphatic rings. The van der Waals surface area contributed by atoms with Gasteiger partial charge in [-0.2, -0.15) is 0 Å².